The second-order valence-corrected chi connectivity index (χ2v) is 6.98. The summed E-state index contributed by atoms with van der Waals surface area (Å²) in [4.78, 5) is 12.3. The molecule has 0 aliphatic rings. The minimum atomic E-state index is -0.218. The summed E-state index contributed by atoms with van der Waals surface area (Å²) < 4.78 is 0.796. The van der Waals surface area contributed by atoms with Gasteiger partial charge in [-0.2, -0.15) is 0 Å². The molecule has 0 heterocycles. The molecular weight excluding hydrogens is 388 g/mol. The van der Waals surface area contributed by atoms with E-state index in [0.29, 0.717) is 18.0 Å². The van der Waals surface area contributed by atoms with E-state index in [0.717, 1.165) is 15.6 Å². The van der Waals surface area contributed by atoms with Gasteiger partial charge in [0.1, 0.15) is 0 Å². The summed E-state index contributed by atoms with van der Waals surface area (Å²) in [7, 11) is 0. The molecule has 0 aliphatic heterocycles. The molecule has 0 spiro atoms. The predicted molar refractivity (Wildman–Crippen MR) is 106 cm³/mol. The van der Waals surface area contributed by atoms with Crippen molar-refractivity contribution in [3.05, 3.63) is 69.2 Å². The van der Waals surface area contributed by atoms with Crippen molar-refractivity contribution in [1.82, 2.24) is 5.32 Å². The Labute approximate surface area is 158 Å². The Kier molecular flexibility index (Phi) is 7.94. The Morgan fingerprint density at radius 1 is 1.12 bits per heavy atom. The third kappa shape index (κ3) is 5.33. The fourth-order valence-electron chi connectivity index (χ4n) is 2.35. The minimum Gasteiger partial charge on any atom is -0.350 e. The highest BCUT2D eigenvalue weighted by Crippen LogP contribution is 2.19. The van der Waals surface area contributed by atoms with Crippen molar-refractivity contribution in [2.45, 2.75) is 32.7 Å². The number of carbonyl (C=O) groups excluding carboxylic acids is 1. The van der Waals surface area contributed by atoms with E-state index >= 15 is 0 Å². The molecule has 0 aliphatic carbocycles. The van der Waals surface area contributed by atoms with Crippen LogP contribution in [0.15, 0.2) is 46.9 Å². The number of benzene rings is 2. The number of carbonyl (C=O) groups is 1. The van der Waals surface area contributed by atoms with E-state index in [9.17, 15) is 4.79 Å². The van der Waals surface area contributed by atoms with Crippen molar-refractivity contribution in [3.8, 4) is 0 Å². The Bertz CT molecular complexity index is 686. The third-order valence-electron chi connectivity index (χ3n) is 3.88. The van der Waals surface area contributed by atoms with Crippen molar-refractivity contribution in [2.24, 2.45) is 5.73 Å². The van der Waals surface area contributed by atoms with Crippen LogP contribution in [0.4, 0.5) is 0 Å². The van der Waals surface area contributed by atoms with E-state index < -0.39 is 0 Å². The van der Waals surface area contributed by atoms with Gasteiger partial charge in [-0.15, -0.1) is 12.4 Å². The van der Waals surface area contributed by atoms with Crippen LogP contribution in [-0.2, 0) is 0 Å². The van der Waals surface area contributed by atoms with E-state index in [1.807, 2.05) is 37.3 Å². The van der Waals surface area contributed by atoms with Crippen molar-refractivity contribution in [1.29, 1.82) is 0 Å². The Balaban J connectivity index is 0.00000288. The Morgan fingerprint density at radius 3 is 2.25 bits per heavy atom. The number of nitrogens with one attached hydrogen (secondary N) is 1. The van der Waals surface area contributed by atoms with E-state index in [-0.39, 0.29) is 24.4 Å². The Hall–Kier alpha value is -1.36. The summed E-state index contributed by atoms with van der Waals surface area (Å²) in [6.07, 6.45) is 0. The molecule has 0 fully saturated rings. The first kappa shape index (κ1) is 20.7. The molecule has 1 atom stereocenters. The number of rotatable bonds is 5. The van der Waals surface area contributed by atoms with E-state index in [1.54, 1.807) is 0 Å². The highest BCUT2D eigenvalue weighted by atomic mass is 79.9. The monoisotopic (exact) mass is 410 g/mol. The fourth-order valence-corrected chi connectivity index (χ4v) is 3.02. The summed E-state index contributed by atoms with van der Waals surface area (Å²) in [5.41, 5.74) is 10.2. The average molecular weight is 412 g/mol. The summed E-state index contributed by atoms with van der Waals surface area (Å²) in [5, 5.41) is 2.90. The number of amides is 1. The largest absolute Gasteiger partial charge is 0.350 e. The molecule has 0 bridgehead atoms. The lowest BCUT2D eigenvalue weighted by Gasteiger charge is -2.15. The quantitative estimate of drug-likeness (QED) is 0.747. The van der Waals surface area contributed by atoms with E-state index in [2.05, 4.69) is 47.2 Å². The maximum atomic E-state index is 12.3. The number of hydrogen-bond donors (Lipinski definition) is 2. The number of halogens is 2. The molecule has 2 rings (SSSR count). The normalized spacial score (nSPS) is 11.8. The SMILES string of the molecule is Cc1ccc(C(=O)NCC(N)c2ccc(C(C)C)cc2)c(Br)c1.Cl. The van der Waals surface area contributed by atoms with Gasteiger partial charge in [-0.25, -0.2) is 0 Å². The van der Waals surface area contributed by atoms with Crippen LogP contribution in [0.2, 0.25) is 0 Å². The van der Waals surface area contributed by atoms with Crippen LogP contribution >= 0.6 is 28.3 Å². The van der Waals surface area contributed by atoms with Crippen molar-refractivity contribution < 1.29 is 4.79 Å². The van der Waals surface area contributed by atoms with Crippen molar-refractivity contribution in [3.63, 3.8) is 0 Å². The molecule has 24 heavy (non-hydrogen) atoms. The summed E-state index contributed by atoms with van der Waals surface area (Å²) in [5.74, 6) is 0.380. The zero-order chi connectivity index (χ0) is 17.0. The van der Waals surface area contributed by atoms with Crippen LogP contribution in [0.25, 0.3) is 0 Å². The zero-order valence-corrected chi connectivity index (χ0v) is 16.6. The van der Waals surface area contributed by atoms with Crippen LogP contribution in [0, 0.1) is 6.92 Å². The minimum absolute atomic E-state index is 0. The molecule has 3 N–H and O–H groups in total. The number of aryl methyl sites for hydroxylation is 1. The maximum Gasteiger partial charge on any atom is 0.252 e. The second-order valence-electron chi connectivity index (χ2n) is 6.12. The van der Waals surface area contributed by atoms with E-state index in [4.69, 9.17) is 5.73 Å². The first-order valence-corrected chi connectivity index (χ1v) is 8.57. The fraction of sp³-hybridized carbons (Fsp3) is 0.316. The summed E-state index contributed by atoms with van der Waals surface area (Å²) in [6.45, 7) is 6.71. The van der Waals surface area contributed by atoms with Gasteiger partial charge in [-0.1, -0.05) is 44.2 Å². The lowest BCUT2D eigenvalue weighted by atomic mass is 9.99. The van der Waals surface area contributed by atoms with Gasteiger partial charge in [0.25, 0.3) is 5.91 Å². The van der Waals surface area contributed by atoms with Gasteiger partial charge < -0.3 is 11.1 Å². The van der Waals surface area contributed by atoms with Crippen LogP contribution in [0.5, 0.6) is 0 Å². The Morgan fingerprint density at radius 2 is 1.71 bits per heavy atom. The van der Waals surface area contributed by atoms with Crippen LogP contribution in [0.3, 0.4) is 0 Å². The van der Waals surface area contributed by atoms with Gasteiger partial charge in [-0.3, -0.25) is 4.79 Å². The molecule has 2 aromatic carbocycles. The highest BCUT2D eigenvalue weighted by Gasteiger charge is 2.12. The molecule has 130 valence electrons. The molecule has 2 aromatic rings. The topological polar surface area (TPSA) is 55.1 Å². The van der Waals surface area contributed by atoms with Gasteiger partial charge in [-0.05, 0) is 57.6 Å². The van der Waals surface area contributed by atoms with Crippen LogP contribution in [0.1, 0.15) is 52.9 Å². The highest BCUT2D eigenvalue weighted by molar-refractivity contribution is 9.10. The lowest BCUT2D eigenvalue weighted by Crippen LogP contribution is -2.32. The van der Waals surface area contributed by atoms with E-state index in [1.165, 1.54) is 5.56 Å². The molecule has 3 nitrogen and oxygen atoms in total. The molecule has 0 saturated carbocycles. The van der Waals surface area contributed by atoms with Gasteiger partial charge in [0.2, 0.25) is 0 Å². The molecule has 0 aromatic heterocycles. The summed E-state index contributed by atoms with van der Waals surface area (Å²) >= 11 is 3.43. The van der Waals surface area contributed by atoms with Crippen LogP contribution < -0.4 is 11.1 Å². The third-order valence-corrected chi connectivity index (χ3v) is 4.54. The average Bonchev–Trinajstić information content (AvgIpc) is 2.52. The second kappa shape index (κ2) is 9.21. The first-order valence-electron chi connectivity index (χ1n) is 7.78. The molecule has 1 amide bonds. The van der Waals surface area contributed by atoms with Gasteiger partial charge in [0.15, 0.2) is 0 Å². The standard InChI is InChI=1S/C19H23BrN2O.ClH/c1-12(2)14-5-7-15(8-6-14)18(21)11-22-19(23)16-9-4-13(3)10-17(16)20;/h4-10,12,18H,11,21H2,1-3H3,(H,22,23);1H. The zero-order valence-electron chi connectivity index (χ0n) is 14.2. The van der Waals surface area contributed by atoms with Gasteiger partial charge in [0, 0.05) is 17.1 Å². The van der Waals surface area contributed by atoms with Gasteiger partial charge in [0.05, 0.1) is 5.56 Å². The smallest absolute Gasteiger partial charge is 0.252 e. The molecular formula is C19H24BrClN2O. The molecule has 0 radical (unpaired) electrons. The predicted octanol–water partition coefficient (Wildman–Crippen LogP) is 4.73. The molecule has 0 saturated heterocycles. The first-order chi connectivity index (χ1) is 10.9. The lowest BCUT2D eigenvalue weighted by molar-refractivity contribution is 0.0950. The molecule has 5 heteroatoms. The van der Waals surface area contributed by atoms with Crippen molar-refractivity contribution >= 4 is 34.2 Å². The number of hydrogen-bond acceptors (Lipinski definition) is 2. The number of nitrogens with two attached hydrogens (primary N) is 1. The van der Waals surface area contributed by atoms with Crippen LogP contribution in [-0.4, -0.2) is 12.5 Å². The molecule has 1 unspecified atom stereocenters. The van der Waals surface area contributed by atoms with Crippen molar-refractivity contribution in [2.75, 3.05) is 6.54 Å². The van der Waals surface area contributed by atoms with Gasteiger partial charge >= 0.3 is 0 Å². The maximum absolute atomic E-state index is 12.3. The summed E-state index contributed by atoms with van der Waals surface area (Å²) in [6, 6.07) is 13.7.